The standard InChI is InChI=1S/C16H17F3N2O3/c1-8(2)23-15(22)20-9-5-11-12-7-10(24-16(17,18)19)3-4-13(12)21-14(11)6-9/h3-4,7-9,21H,5-6H2,1-2H3,(H,20,22). The monoisotopic (exact) mass is 342 g/mol. The number of rotatable bonds is 3. The van der Waals surface area contributed by atoms with Crippen LogP contribution in [0.5, 0.6) is 5.75 Å². The average molecular weight is 342 g/mol. The molecule has 24 heavy (non-hydrogen) atoms. The number of nitrogens with one attached hydrogen (secondary N) is 2. The molecule has 8 heteroatoms. The number of H-pyrrole nitrogens is 1. The van der Waals surface area contributed by atoms with Gasteiger partial charge in [-0.1, -0.05) is 0 Å². The van der Waals surface area contributed by atoms with Gasteiger partial charge in [-0.3, -0.25) is 0 Å². The van der Waals surface area contributed by atoms with Crippen LogP contribution >= 0.6 is 0 Å². The van der Waals surface area contributed by atoms with Crippen LogP contribution in [0.4, 0.5) is 18.0 Å². The number of ether oxygens (including phenoxy) is 2. The van der Waals surface area contributed by atoms with Gasteiger partial charge in [-0.2, -0.15) is 0 Å². The minimum absolute atomic E-state index is 0.144. The Labute approximate surface area is 136 Å². The van der Waals surface area contributed by atoms with E-state index in [1.165, 1.54) is 12.1 Å². The maximum absolute atomic E-state index is 12.4. The smallest absolute Gasteiger partial charge is 0.447 e. The molecule has 1 unspecified atom stereocenters. The molecule has 0 saturated carbocycles. The van der Waals surface area contributed by atoms with Gasteiger partial charge in [0.2, 0.25) is 0 Å². The molecule has 0 aliphatic heterocycles. The van der Waals surface area contributed by atoms with Crippen LogP contribution in [0.25, 0.3) is 10.9 Å². The number of hydrogen-bond acceptors (Lipinski definition) is 3. The molecule has 2 aromatic rings. The quantitative estimate of drug-likeness (QED) is 0.895. The summed E-state index contributed by atoms with van der Waals surface area (Å²) >= 11 is 0. The number of alkyl carbamates (subject to hydrolysis) is 1. The van der Waals surface area contributed by atoms with Crippen LogP contribution in [0.1, 0.15) is 25.1 Å². The molecule has 130 valence electrons. The zero-order valence-electron chi connectivity index (χ0n) is 13.2. The Morgan fingerprint density at radius 3 is 2.75 bits per heavy atom. The fourth-order valence-corrected chi connectivity index (χ4v) is 2.97. The number of carbonyl (C=O) groups excluding carboxylic acids is 1. The Morgan fingerprint density at radius 2 is 2.08 bits per heavy atom. The highest BCUT2D eigenvalue weighted by Crippen LogP contribution is 2.33. The predicted molar refractivity (Wildman–Crippen MR) is 80.9 cm³/mol. The van der Waals surface area contributed by atoms with Gasteiger partial charge in [-0.25, -0.2) is 4.79 Å². The number of halogens is 3. The van der Waals surface area contributed by atoms with Gasteiger partial charge in [-0.15, -0.1) is 13.2 Å². The van der Waals surface area contributed by atoms with E-state index in [0.717, 1.165) is 16.8 Å². The van der Waals surface area contributed by atoms with Crippen molar-refractivity contribution >= 4 is 17.0 Å². The number of aromatic amines is 1. The lowest BCUT2D eigenvalue weighted by Crippen LogP contribution is -2.37. The third-order valence-corrected chi connectivity index (χ3v) is 3.77. The summed E-state index contributed by atoms with van der Waals surface area (Å²) in [5.74, 6) is -0.257. The summed E-state index contributed by atoms with van der Waals surface area (Å²) in [5.41, 5.74) is 2.55. The van der Waals surface area contributed by atoms with Gasteiger partial charge >= 0.3 is 12.5 Å². The van der Waals surface area contributed by atoms with E-state index in [-0.39, 0.29) is 17.9 Å². The van der Waals surface area contributed by atoms with Gasteiger partial charge in [0.05, 0.1) is 6.10 Å². The first-order valence-electron chi connectivity index (χ1n) is 7.57. The van der Waals surface area contributed by atoms with Gasteiger partial charge in [-0.05, 0) is 44.0 Å². The van der Waals surface area contributed by atoms with E-state index in [9.17, 15) is 18.0 Å². The summed E-state index contributed by atoms with van der Waals surface area (Å²) in [4.78, 5) is 14.8. The zero-order chi connectivity index (χ0) is 17.5. The van der Waals surface area contributed by atoms with Crippen molar-refractivity contribution in [1.29, 1.82) is 0 Å². The van der Waals surface area contributed by atoms with E-state index < -0.39 is 12.5 Å². The molecule has 0 bridgehead atoms. The average Bonchev–Trinajstić information content (AvgIpc) is 2.93. The van der Waals surface area contributed by atoms with Crippen LogP contribution < -0.4 is 10.1 Å². The molecule has 1 atom stereocenters. The number of amides is 1. The summed E-state index contributed by atoms with van der Waals surface area (Å²) in [7, 11) is 0. The lowest BCUT2D eigenvalue weighted by molar-refractivity contribution is -0.274. The van der Waals surface area contributed by atoms with Crippen molar-refractivity contribution in [3.8, 4) is 5.75 Å². The van der Waals surface area contributed by atoms with Crippen LogP contribution in [0.2, 0.25) is 0 Å². The molecule has 1 heterocycles. The Kier molecular flexibility index (Phi) is 4.06. The lowest BCUT2D eigenvalue weighted by atomic mass is 10.1. The van der Waals surface area contributed by atoms with Crippen LogP contribution in [0.15, 0.2) is 18.2 Å². The number of alkyl halides is 3. The molecule has 0 fully saturated rings. The van der Waals surface area contributed by atoms with E-state index >= 15 is 0 Å². The SMILES string of the molecule is CC(C)OC(=O)NC1Cc2[nH]c3ccc(OC(F)(F)F)cc3c2C1. The molecule has 2 N–H and O–H groups in total. The third-order valence-electron chi connectivity index (χ3n) is 3.77. The van der Waals surface area contributed by atoms with Crippen molar-refractivity contribution in [3.05, 3.63) is 29.5 Å². The Hall–Kier alpha value is -2.38. The fraction of sp³-hybridized carbons (Fsp3) is 0.438. The molecule has 1 aromatic heterocycles. The summed E-state index contributed by atoms with van der Waals surface area (Å²) in [6.07, 6.45) is -4.33. The van der Waals surface area contributed by atoms with Crippen molar-refractivity contribution in [2.75, 3.05) is 0 Å². The van der Waals surface area contributed by atoms with E-state index in [0.29, 0.717) is 18.2 Å². The molecule has 1 amide bonds. The van der Waals surface area contributed by atoms with Crippen molar-refractivity contribution in [3.63, 3.8) is 0 Å². The second-order valence-electron chi connectivity index (χ2n) is 6.04. The van der Waals surface area contributed by atoms with Gasteiger partial charge in [0, 0.05) is 29.1 Å². The summed E-state index contributed by atoms with van der Waals surface area (Å²) in [6, 6.07) is 4.06. The Bertz CT molecular complexity index is 768. The number of carbonyl (C=O) groups is 1. The molecular weight excluding hydrogens is 325 g/mol. The summed E-state index contributed by atoms with van der Waals surface area (Å²) in [6.45, 7) is 3.51. The highest BCUT2D eigenvalue weighted by molar-refractivity contribution is 5.87. The van der Waals surface area contributed by atoms with Crippen LogP contribution in [-0.4, -0.2) is 29.6 Å². The first-order chi connectivity index (χ1) is 11.2. The van der Waals surface area contributed by atoms with Crippen molar-refractivity contribution in [2.24, 2.45) is 0 Å². The van der Waals surface area contributed by atoms with E-state index in [1.54, 1.807) is 19.9 Å². The molecule has 0 saturated heterocycles. The van der Waals surface area contributed by atoms with Crippen LogP contribution in [-0.2, 0) is 17.6 Å². The zero-order valence-corrected chi connectivity index (χ0v) is 13.2. The number of benzene rings is 1. The minimum Gasteiger partial charge on any atom is -0.447 e. The number of hydrogen-bond donors (Lipinski definition) is 2. The molecule has 1 aliphatic rings. The second kappa shape index (κ2) is 5.92. The molecule has 3 rings (SSSR count). The highest BCUT2D eigenvalue weighted by Gasteiger charge is 2.32. The van der Waals surface area contributed by atoms with Crippen molar-refractivity contribution in [1.82, 2.24) is 10.3 Å². The maximum Gasteiger partial charge on any atom is 0.573 e. The molecule has 1 aromatic carbocycles. The first kappa shape index (κ1) is 16.5. The summed E-state index contributed by atoms with van der Waals surface area (Å²) in [5, 5.41) is 3.44. The fourth-order valence-electron chi connectivity index (χ4n) is 2.97. The van der Waals surface area contributed by atoms with E-state index in [2.05, 4.69) is 15.0 Å². The first-order valence-corrected chi connectivity index (χ1v) is 7.57. The van der Waals surface area contributed by atoms with Crippen molar-refractivity contribution in [2.45, 2.75) is 45.2 Å². The topological polar surface area (TPSA) is 63.3 Å². The normalized spacial score (nSPS) is 17.2. The van der Waals surface area contributed by atoms with Gasteiger partial charge in [0.1, 0.15) is 5.75 Å². The van der Waals surface area contributed by atoms with Crippen LogP contribution in [0, 0.1) is 0 Å². The highest BCUT2D eigenvalue weighted by atomic mass is 19.4. The molecule has 0 radical (unpaired) electrons. The third kappa shape index (κ3) is 3.58. The predicted octanol–water partition coefficient (Wildman–Crippen LogP) is 3.67. The van der Waals surface area contributed by atoms with E-state index in [1.807, 2.05) is 0 Å². The summed E-state index contributed by atoms with van der Waals surface area (Å²) < 4.78 is 46.1. The van der Waals surface area contributed by atoms with Gasteiger partial charge in [0.15, 0.2) is 0 Å². The molecule has 1 aliphatic carbocycles. The van der Waals surface area contributed by atoms with Crippen LogP contribution in [0.3, 0.4) is 0 Å². The molecule has 5 nitrogen and oxygen atoms in total. The number of fused-ring (bicyclic) bond motifs is 3. The molecule has 0 spiro atoms. The minimum atomic E-state index is -4.72. The van der Waals surface area contributed by atoms with Gasteiger partial charge in [0.25, 0.3) is 0 Å². The number of aromatic nitrogens is 1. The Balaban J connectivity index is 1.77. The van der Waals surface area contributed by atoms with Gasteiger partial charge < -0.3 is 19.8 Å². The largest absolute Gasteiger partial charge is 0.573 e. The Morgan fingerprint density at radius 1 is 1.33 bits per heavy atom. The van der Waals surface area contributed by atoms with Crippen molar-refractivity contribution < 1.29 is 27.4 Å². The maximum atomic E-state index is 12.4. The second-order valence-corrected chi connectivity index (χ2v) is 6.04. The van der Waals surface area contributed by atoms with E-state index in [4.69, 9.17) is 4.74 Å². The molecular formula is C16H17F3N2O3. The lowest BCUT2D eigenvalue weighted by Gasteiger charge is -2.14.